The molecule has 0 aliphatic heterocycles. The van der Waals surface area contributed by atoms with Gasteiger partial charge in [-0.05, 0) is 37.7 Å². The molecule has 0 radical (unpaired) electrons. The number of anilines is 1. The molecule has 0 heterocycles. The minimum Gasteiger partial charge on any atom is -0.493 e. The predicted molar refractivity (Wildman–Crippen MR) is 113 cm³/mol. The monoisotopic (exact) mass is 385 g/mol. The van der Waals surface area contributed by atoms with Crippen molar-refractivity contribution >= 4 is 11.6 Å². The molecule has 1 atom stereocenters. The zero-order valence-corrected chi connectivity index (χ0v) is 17.2. The van der Waals surface area contributed by atoms with Crippen LogP contribution in [0.5, 0.6) is 11.5 Å². The molecule has 0 spiro atoms. The van der Waals surface area contributed by atoms with Crippen LogP contribution >= 0.6 is 0 Å². The molecule has 0 aromatic heterocycles. The van der Waals surface area contributed by atoms with E-state index < -0.39 is 5.54 Å². The summed E-state index contributed by atoms with van der Waals surface area (Å²) in [6.07, 6.45) is 0. The van der Waals surface area contributed by atoms with E-state index in [1.54, 1.807) is 32.2 Å². The Morgan fingerprint density at radius 1 is 1.11 bits per heavy atom. The highest BCUT2D eigenvalue weighted by atomic mass is 16.5. The van der Waals surface area contributed by atoms with Gasteiger partial charge in [-0.15, -0.1) is 0 Å². The van der Waals surface area contributed by atoms with E-state index in [0.717, 1.165) is 25.2 Å². The average Bonchev–Trinajstić information content (AvgIpc) is 2.72. The summed E-state index contributed by atoms with van der Waals surface area (Å²) in [7, 11) is 1.59. The zero-order chi connectivity index (χ0) is 20.6. The maximum atomic E-state index is 12.8. The highest BCUT2D eigenvalue weighted by Gasteiger charge is 2.30. The van der Waals surface area contributed by atoms with Crippen molar-refractivity contribution in [3.8, 4) is 11.5 Å². The summed E-state index contributed by atoms with van der Waals surface area (Å²) in [6, 6.07) is 14.6. The molecular formula is C22H31N3O3. The van der Waals surface area contributed by atoms with Crippen LogP contribution in [-0.4, -0.2) is 44.2 Å². The van der Waals surface area contributed by atoms with Crippen LogP contribution in [0.25, 0.3) is 0 Å². The third-order valence-corrected chi connectivity index (χ3v) is 4.83. The van der Waals surface area contributed by atoms with Crippen LogP contribution in [0.4, 0.5) is 5.69 Å². The van der Waals surface area contributed by atoms with Gasteiger partial charge >= 0.3 is 0 Å². The Morgan fingerprint density at radius 2 is 1.79 bits per heavy atom. The van der Waals surface area contributed by atoms with Gasteiger partial charge in [-0.1, -0.05) is 44.2 Å². The molecule has 152 valence electrons. The predicted octanol–water partition coefficient (Wildman–Crippen LogP) is 3.23. The molecule has 2 aromatic rings. The quantitative estimate of drug-likeness (QED) is 0.657. The molecule has 28 heavy (non-hydrogen) atoms. The fourth-order valence-electron chi connectivity index (χ4n) is 2.87. The second-order valence-electron chi connectivity index (χ2n) is 6.76. The van der Waals surface area contributed by atoms with Gasteiger partial charge in [0.15, 0.2) is 11.5 Å². The second-order valence-corrected chi connectivity index (χ2v) is 6.76. The number of hydrogen-bond donors (Lipinski definition) is 2. The molecule has 2 rings (SSSR count). The van der Waals surface area contributed by atoms with Gasteiger partial charge in [0, 0.05) is 18.3 Å². The van der Waals surface area contributed by atoms with E-state index in [0.29, 0.717) is 23.8 Å². The number of rotatable bonds is 10. The number of benzene rings is 2. The van der Waals surface area contributed by atoms with Crippen molar-refractivity contribution in [1.82, 2.24) is 4.90 Å². The first-order chi connectivity index (χ1) is 13.4. The van der Waals surface area contributed by atoms with Crippen LogP contribution in [0, 0.1) is 0 Å². The summed E-state index contributed by atoms with van der Waals surface area (Å²) in [5.41, 5.74) is 6.50. The van der Waals surface area contributed by atoms with E-state index in [1.807, 2.05) is 30.3 Å². The Kier molecular flexibility index (Phi) is 7.84. The van der Waals surface area contributed by atoms with E-state index >= 15 is 0 Å². The SMILES string of the molecule is CCN(CC)CCOc1cc(NC(=O)C(C)(N)c2ccccc2)ccc1OC. The molecule has 6 nitrogen and oxygen atoms in total. The van der Waals surface area contributed by atoms with E-state index in [9.17, 15) is 4.79 Å². The summed E-state index contributed by atoms with van der Waals surface area (Å²) in [5, 5.41) is 2.88. The molecule has 0 bridgehead atoms. The number of nitrogens with one attached hydrogen (secondary N) is 1. The average molecular weight is 386 g/mol. The molecular weight excluding hydrogens is 354 g/mol. The van der Waals surface area contributed by atoms with Crippen LogP contribution in [-0.2, 0) is 10.3 Å². The second kappa shape index (κ2) is 10.1. The summed E-state index contributed by atoms with van der Waals surface area (Å²) in [6.45, 7) is 9.25. The lowest BCUT2D eigenvalue weighted by Gasteiger charge is -2.24. The van der Waals surface area contributed by atoms with Crippen molar-refractivity contribution < 1.29 is 14.3 Å². The Morgan fingerprint density at radius 3 is 2.39 bits per heavy atom. The van der Waals surface area contributed by atoms with E-state index in [1.165, 1.54) is 0 Å². The lowest BCUT2D eigenvalue weighted by atomic mass is 9.92. The highest BCUT2D eigenvalue weighted by molar-refractivity contribution is 5.98. The number of amides is 1. The Bertz CT molecular complexity index is 759. The van der Waals surface area contributed by atoms with Crippen LogP contribution in [0.2, 0.25) is 0 Å². The third-order valence-electron chi connectivity index (χ3n) is 4.83. The summed E-state index contributed by atoms with van der Waals surface area (Å²) in [4.78, 5) is 15.0. The van der Waals surface area contributed by atoms with Crippen LogP contribution in [0.3, 0.4) is 0 Å². The number of hydrogen-bond acceptors (Lipinski definition) is 5. The molecule has 0 aliphatic rings. The first kappa shape index (κ1) is 21.7. The molecule has 0 fully saturated rings. The van der Waals surface area contributed by atoms with Gasteiger partial charge in [-0.3, -0.25) is 4.79 Å². The van der Waals surface area contributed by atoms with Crippen molar-refractivity contribution in [3.63, 3.8) is 0 Å². The van der Waals surface area contributed by atoms with Gasteiger partial charge in [0.1, 0.15) is 12.1 Å². The van der Waals surface area contributed by atoms with E-state index in [4.69, 9.17) is 15.2 Å². The Balaban J connectivity index is 2.10. The lowest BCUT2D eigenvalue weighted by Crippen LogP contribution is -2.45. The van der Waals surface area contributed by atoms with Gasteiger partial charge < -0.3 is 25.4 Å². The molecule has 0 saturated heterocycles. The minimum atomic E-state index is -1.15. The third kappa shape index (κ3) is 5.47. The van der Waals surface area contributed by atoms with Gasteiger partial charge in [0.25, 0.3) is 0 Å². The fraction of sp³-hybridized carbons (Fsp3) is 0.409. The van der Waals surface area contributed by atoms with Crippen molar-refractivity contribution in [2.75, 3.05) is 38.7 Å². The number of carbonyl (C=O) groups excluding carboxylic acids is 1. The number of ether oxygens (including phenoxy) is 2. The number of carbonyl (C=O) groups is 1. The molecule has 1 unspecified atom stereocenters. The Hall–Kier alpha value is -2.57. The normalized spacial score (nSPS) is 13.1. The van der Waals surface area contributed by atoms with E-state index in [-0.39, 0.29) is 5.91 Å². The highest BCUT2D eigenvalue weighted by Crippen LogP contribution is 2.31. The number of nitrogens with two attached hydrogens (primary N) is 1. The maximum absolute atomic E-state index is 12.8. The minimum absolute atomic E-state index is 0.294. The Labute approximate surface area is 167 Å². The molecule has 1 amide bonds. The molecule has 0 aliphatic carbocycles. The van der Waals surface area contributed by atoms with Gasteiger partial charge in [0.05, 0.1) is 7.11 Å². The lowest BCUT2D eigenvalue weighted by molar-refractivity contribution is -0.120. The molecule has 3 N–H and O–H groups in total. The largest absolute Gasteiger partial charge is 0.493 e. The van der Waals surface area contributed by atoms with Gasteiger partial charge in [-0.2, -0.15) is 0 Å². The number of likely N-dealkylation sites (N-methyl/N-ethyl adjacent to an activating group) is 1. The molecule has 6 heteroatoms. The summed E-state index contributed by atoms with van der Waals surface area (Å²) < 4.78 is 11.3. The van der Waals surface area contributed by atoms with Crippen molar-refractivity contribution in [2.24, 2.45) is 5.73 Å². The standard InChI is InChI=1S/C22H31N3O3/c1-5-25(6-2)14-15-28-20-16-18(12-13-19(20)27-4)24-21(26)22(3,23)17-10-8-7-9-11-17/h7-13,16H,5-6,14-15,23H2,1-4H3,(H,24,26). The number of nitrogens with zero attached hydrogens (tertiary/aromatic N) is 1. The molecule has 2 aromatic carbocycles. The van der Waals surface area contributed by atoms with E-state index in [2.05, 4.69) is 24.1 Å². The van der Waals surface area contributed by atoms with Crippen molar-refractivity contribution in [3.05, 3.63) is 54.1 Å². The number of methoxy groups -OCH3 is 1. The van der Waals surface area contributed by atoms with Crippen molar-refractivity contribution in [1.29, 1.82) is 0 Å². The van der Waals surface area contributed by atoms with Crippen LogP contribution in [0.1, 0.15) is 26.3 Å². The first-order valence-electron chi connectivity index (χ1n) is 9.61. The van der Waals surface area contributed by atoms with Gasteiger partial charge in [0.2, 0.25) is 5.91 Å². The zero-order valence-electron chi connectivity index (χ0n) is 17.2. The topological polar surface area (TPSA) is 76.8 Å². The fourth-order valence-corrected chi connectivity index (χ4v) is 2.87. The first-order valence-corrected chi connectivity index (χ1v) is 9.61. The molecule has 0 saturated carbocycles. The van der Waals surface area contributed by atoms with Crippen LogP contribution < -0.4 is 20.5 Å². The van der Waals surface area contributed by atoms with Crippen LogP contribution in [0.15, 0.2) is 48.5 Å². The summed E-state index contributed by atoms with van der Waals surface area (Å²) >= 11 is 0. The summed E-state index contributed by atoms with van der Waals surface area (Å²) in [5.74, 6) is 0.917. The van der Waals surface area contributed by atoms with Crippen molar-refractivity contribution in [2.45, 2.75) is 26.3 Å². The maximum Gasteiger partial charge on any atom is 0.248 e. The smallest absolute Gasteiger partial charge is 0.248 e. The van der Waals surface area contributed by atoms with Gasteiger partial charge in [-0.25, -0.2) is 0 Å².